The maximum atomic E-state index is 14.3. The number of halogens is 2. The minimum Gasteiger partial charge on any atom is -0.344 e. The molecular weight excluding hydrogens is 318 g/mol. The Balaban J connectivity index is 1.48. The molecule has 130 valence electrons. The van der Waals surface area contributed by atoms with E-state index in [0.717, 1.165) is 19.2 Å². The van der Waals surface area contributed by atoms with Crippen LogP contribution in [0.1, 0.15) is 20.3 Å². The van der Waals surface area contributed by atoms with E-state index in [-0.39, 0.29) is 23.9 Å². The first-order valence-electron chi connectivity index (χ1n) is 8.43. The van der Waals surface area contributed by atoms with E-state index in [0.29, 0.717) is 12.0 Å². The third-order valence-corrected chi connectivity index (χ3v) is 5.55. The minimum absolute atomic E-state index is 0.0469. The van der Waals surface area contributed by atoms with E-state index in [4.69, 9.17) is 9.47 Å². The molecule has 3 fully saturated rings. The molecular formula is C16H20F2N4O2. The second kappa shape index (κ2) is 4.83. The molecule has 0 radical (unpaired) electrons. The molecule has 5 rings (SSSR count). The Morgan fingerprint density at radius 3 is 2.83 bits per heavy atom. The van der Waals surface area contributed by atoms with E-state index in [1.165, 1.54) is 0 Å². The molecule has 1 N–H and O–H groups in total. The molecule has 1 aliphatic carbocycles. The van der Waals surface area contributed by atoms with Gasteiger partial charge in [-0.25, -0.2) is 9.38 Å². The summed E-state index contributed by atoms with van der Waals surface area (Å²) in [4.78, 5) is 9.47. The van der Waals surface area contributed by atoms with Gasteiger partial charge in [0.25, 0.3) is 0 Å². The zero-order valence-corrected chi connectivity index (χ0v) is 13.5. The van der Waals surface area contributed by atoms with Crippen LogP contribution in [0.15, 0.2) is 21.6 Å². The average Bonchev–Trinajstić information content (AvgIpc) is 3.05. The molecule has 0 aromatic heterocycles. The second-order valence-electron chi connectivity index (χ2n) is 7.56. The molecule has 0 amide bonds. The van der Waals surface area contributed by atoms with Crippen molar-refractivity contribution in [3.05, 3.63) is 11.6 Å². The predicted octanol–water partition coefficient (Wildman–Crippen LogP) is 1.14. The highest BCUT2D eigenvalue weighted by molar-refractivity contribution is 5.74. The topological polar surface area (TPSA) is 68.4 Å². The van der Waals surface area contributed by atoms with Crippen molar-refractivity contribution in [2.45, 2.75) is 62.6 Å². The fourth-order valence-electron chi connectivity index (χ4n) is 4.47. The van der Waals surface area contributed by atoms with Gasteiger partial charge < -0.3 is 19.7 Å². The Morgan fingerprint density at radius 2 is 2.08 bits per heavy atom. The highest BCUT2D eigenvalue weighted by atomic mass is 19.1. The number of ether oxygens (including phenoxy) is 2. The van der Waals surface area contributed by atoms with Crippen molar-refractivity contribution in [1.82, 2.24) is 10.2 Å². The minimum atomic E-state index is -1.39. The van der Waals surface area contributed by atoms with Gasteiger partial charge in [0.05, 0.1) is 18.5 Å². The normalized spacial score (nSPS) is 48.2. The van der Waals surface area contributed by atoms with Crippen LogP contribution in [0.25, 0.3) is 0 Å². The van der Waals surface area contributed by atoms with E-state index >= 15 is 0 Å². The van der Waals surface area contributed by atoms with Gasteiger partial charge >= 0.3 is 0 Å². The van der Waals surface area contributed by atoms with E-state index in [1.807, 2.05) is 13.8 Å². The number of hydrogen-bond acceptors (Lipinski definition) is 6. The lowest BCUT2D eigenvalue weighted by Crippen LogP contribution is -2.43. The van der Waals surface area contributed by atoms with Gasteiger partial charge in [-0.15, -0.1) is 0 Å². The van der Waals surface area contributed by atoms with Crippen molar-refractivity contribution in [2.24, 2.45) is 15.9 Å². The molecule has 4 heterocycles. The summed E-state index contributed by atoms with van der Waals surface area (Å²) in [5.41, 5.74) is 0.214. The quantitative estimate of drug-likeness (QED) is 0.606. The summed E-state index contributed by atoms with van der Waals surface area (Å²) in [5.74, 6) is -1.03. The lowest BCUT2D eigenvalue weighted by atomic mass is 10.0. The van der Waals surface area contributed by atoms with Crippen molar-refractivity contribution in [1.29, 1.82) is 0 Å². The third kappa shape index (κ3) is 2.09. The number of hydrogen-bond donors (Lipinski definition) is 1. The molecule has 2 saturated heterocycles. The molecule has 7 atom stereocenters. The molecule has 1 saturated carbocycles. The molecule has 0 bridgehead atoms. The predicted molar refractivity (Wildman–Crippen MR) is 83.2 cm³/mol. The van der Waals surface area contributed by atoms with Gasteiger partial charge in [0.1, 0.15) is 17.8 Å². The highest BCUT2D eigenvalue weighted by Crippen LogP contribution is 2.47. The Morgan fingerprint density at radius 1 is 1.33 bits per heavy atom. The summed E-state index contributed by atoms with van der Waals surface area (Å²) in [6.07, 6.45) is 1.68. The van der Waals surface area contributed by atoms with Crippen LogP contribution in [0.3, 0.4) is 0 Å². The maximum Gasteiger partial charge on any atom is 0.234 e. The van der Waals surface area contributed by atoms with Gasteiger partial charge in [-0.3, -0.25) is 4.99 Å². The van der Waals surface area contributed by atoms with Crippen LogP contribution in [-0.2, 0) is 9.47 Å². The Labute approximate surface area is 138 Å². The van der Waals surface area contributed by atoms with Crippen molar-refractivity contribution in [3.63, 3.8) is 0 Å². The SMILES string of the molecule is CC1(C)OC2C(C3CN3)CC(N3C=NC4C3=C(F)N=CC4F)C2O1. The summed E-state index contributed by atoms with van der Waals surface area (Å²) in [6, 6.07) is -0.555. The average molecular weight is 338 g/mol. The van der Waals surface area contributed by atoms with Crippen LogP contribution in [0.4, 0.5) is 8.78 Å². The first-order valence-corrected chi connectivity index (χ1v) is 8.43. The van der Waals surface area contributed by atoms with Crippen molar-refractivity contribution in [2.75, 3.05) is 6.54 Å². The fraction of sp³-hybridized carbons (Fsp3) is 0.750. The summed E-state index contributed by atoms with van der Waals surface area (Å²) >= 11 is 0. The van der Waals surface area contributed by atoms with Gasteiger partial charge in [0.15, 0.2) is 12.0 Å². The van der Waals surface area contributed by atoms with E-state index in [1.54, 1.807) is 11.2 Å². The van der Waals surface area contributed by atoms with E-state index in [9.17, 15) is 8.78 Å². The molecule has 6 nitrogen and oxygen atoms in total. The summed E-state index contributed by atoms with van der Waals surface area (Å²) in [5, 5.41) is 3.34. The Kier molecular flexibility index (Phi) is 3.00. The molecule has 0 spiro atoms. The third-order valence-electron chi connectivity index (χ3n) is 5.55. The summed E-state index contributed by atoms with van der Waals surface area (Å²) < 4.78 is 40.5. The zero-order valence-electron chi connectivity index (χ0n) is 13.5. The van der Waals surface area contributed by atoms with Crippen LogP contribution in [0.5, 0.6) is 0 Å². The van der Waals surface area contributed by atoms with Gasteiger partial charge in [0.2, 0.25) is 5.95 Å². The number of alkyl halides is 1. The van der Waals surface area contributed by atoms with Gasteiger partial charge in [-0.2, -0.15) is 4.39 Å². The smallest absolute Gasteiger partial charge is 0.234 e. The van der Waals surface area contributed by atoms with Crippen molar-refractivity contribution < 1.29 is 18.3 Å². The first kappa shape index (κ1) is 14.9. The molecule has 24 heavy (non-hydrogen) atoms. The summed E-state index contributed by atoms with van der Waals surface area (Å²) in [7, 11) is 0. The van der Waals surface area contributed by atoms with Crippen LogP contribution in [0, 0.1) is 5.92 Å². The van der Waals surface area contributed by atoms with Gasteiger partial charge in [-0.05, 0) is 20.3 Å². The van der Waals surface area contributed by atoms with Gasteiger partial charge in [0, 0.05) is 24.7 Å². The molecule has 5 aliphatic rings. The lowest BCUT2D eigenvalue weighted by Gasteiger charge is -2.32. The fourth-order valence-corrected chi connectivity index (χ4v) is 4.47. The largest absolute Gasteiger partial charge is 0.344 e. The van der Waals surface area contributed by atoms with Crippen LogP contribution in [0.2, 0.25) is 0 Å². The first-order chi connectivity index (χ1) is 11.4. The van der Waals surface area contributed by atoms with Crippen LogP contribution >= 0.6 is 0 Å². The zero-order chi connectivity index (χ0) is 16.6. The number of nitrogens with zero attached hydrogens (tertiary/aromatic N) is 3. The molecule has 0 aromatic rings. The number of aliphatic imine (C=N–C) groups is 2. The number of rotatable bonds is 2. The number of fused-ring (bicyclic) bond motifs is 2. The van der Waals surface area contributed by atoms with E-state index in [2.05, 4.69) is 15.3 Å². The van der Waals surface area contributed by atoms with Gasteiger partial charge in [-0.1, -0.05) is 0 Å². The summed E-state index contributed by atoms with van der Waals surface area (Å²) in [6.45, 7) is 4.75. The second-order valence-corrected chi connectivity index (χ2v) is 7.56. The molecule has 8 heteroatoms. The van der Waals surface area contributed by atoms with Crippen LogP contribution < -0.4 is 5.32 Å². The highest BCUT2D eigenvalue weighted by Gasteiger charge is 2.59. The molecule has 0 aromatic carbocycles. The maximum absolute atomic E-state index is 14.3. The Bertz CT molecular complexity index is 660. The molecule has 4 aliphatic heterocycles. The number of nitrogens with one attached hydrogen (secondary N) is 1. The van der Waals surface area contributed by atoms with E-state index < -0.39 is 24.0 Å². The lowest BCUT2D eigenvalue weighted by molar-refractivity contribution is -0.160. The van der Waals surface area contributed by atoms with Crippen molar-refractivity contribution in [3.8, 4) is 0 Å². The standard InChI is InChI=1S/C16H20F2N4O2/c1-16(2)23-13-7(9-5-19-9)3-10(14(13)24-16)22-6-21-11-8(17)4-20-15(18)12(11)22/h4,6-11,13-14,19H,3,5H2,1-2H3. The van der Waals surface area contributed by atoms with Crippen LogP contribution in [-0.4, -0.2) is 66.3 Å². The monoisotopic (exact) mass is 338 g/mol. The Hall–Kier alpha value is -1.38. The van der Waals surface area contributed by atoms with Crippen molar-refractivity contribution >= 4 is 12.6 Å². The molecule has 7 unspecified atom stereocenters.